The maximum atomic E-state index is 13.3. The Kier molecular flexibility index (Phi) is 6.31. The monoisotopic (exact) mass is 519 g/mol. The van der Waals surface area contributed by atoms with Gasteiger partial charge in [0.2, 0.25) is 4.96 Å². The zero-order chi connectivity index (χ0) is 26.1. The molecule has 0 N–H and O–H groups in total. The van der Waals surface area contributed by atoms with Crippen LogP contribution in [-0.4, -0.2) is 31.0 Å². The fourth-order valence-corrected chi connectivity index (χ4v) is 5.21. The van der Waals surface area contributed by atoms with Crippen LogP contribution in [0.4, 0.5) is 0 Å². The topological polar surface area (TPSA) is 74.3 Å². The lowest BCUT2D eigenvalue weighted by atomic mass is 10.0. The van der Waals surface area contributed by atoms with Gasteiger partial charge >= 0.3 is 0 Å². The van der Waals surface area contributed by atoms with Crippen molar-refractivity contribution in [1.82, 2.24) is 24.4 Å². The van der Waals surface area contributed by atoms with Crippen LogP contribution in [0.3, 0.4) is 0 Å². The molecule has 3 aromatic carbocycles. The van der Waals surface area contributed by atoms with E-state index in [2.05, 4.69) is 17.0 Å². The van der Waals surface area contributed by atoms with Gasteiger partial charge in [-0.2, -0.15) is 14.6 Å². The van der Waals surface area contributed by atoms with Crippen molar-refractivity contribution in [3.63, 3.8) is 0 Å². The van der Waals surface area contributed by atoms with Gasteiger partial charge in [0.1, 0.15) is 11.4 Å². The van der Waals surface area contributed by atoms with Crippen LogP contribution in [0.2, 0.25) is 0 Å². The van der Waals surface area contributed by atoms with Gasteiger partial charge in [-0.25, -0.2) is 4.68 Å². The first kappa shape index (κ1) is 23.8. The van der Waals surface area contributed by atoms with E-state index in [4.69, 9.17) is 9.84 Å². The fraction of sp³-hybridized carbons (Fsp3) is 0.133. The van der Waals surface area contributed by atoms with Crippen molar-refractivity contribution in [3.8, 4) is 34.1 Å². The summed E-state index contributed by atoms with van der Waals surface area (Å²) in [5, 5.41) is 9.41. The molecule has 0 atom stereocenters. The predicted octanol–water partition coefficient (Wildman–Crippen LogP) is 5.32. The lowest BCUT2D eigenvalue weighted by molar-refractivity contribution is 0.317. The third-order valence-corrected chi connectivity index (χ3v) is 7.15. The van der Waals surface area contributed by atoms with Crippen LogP contribution >= 0.6 is 11.3 Å². The molecule has 0 unspecified atom stereocenters. The SMILES string of the molecule is CCCOc1ccc(-c2nn(-c3ccccc3)cc2C=c2sc3nc(-c4ccccc4)nn3c2=O)c(C)c1. The molecule has 7 nitrogen and oxygen atoms in total. The van der Waals surface area contributed by atoms with E-state index in [1.165, 1.54) is 15.9 Å². The first-order valence-corrected chi connectivity index (χ1v) is 13.3. The molecule has 3 aromatic heterocycles. The van der Waals surface area contributed by atoms with Crippen LogP contribution in [0.15, 0.2) is 89.9 Å². The number of aryl methyl sites for hydroxylation is 1. The van der Waals surface area contributed by atoms with E-state index in [0.717, 1.165) is 45.8 Å². The summed E-state index contributed by atoms with van der Waals surface area (Å²) in [5.74, 6) is 1.38. The molecule has 6 rings (SSSR count). The zero-order valence-electron chi connectivity index (χ0n) is 21.0. The molecular formula is C30H25N5O2S. The molecule has 0 saturated carbocycles. The molecule has 0 radical (unpaired) electrons. The van der Waals surface area contributed by atoms with Crippen LogP contribution in [0.1, 0.15) is 24.5 Å². The molecular weight excluding hydrogens is 494 g/mol. The van der Waals surface area contributed by atoms with Crippen LogP contribution < -0.4 is 14.8 Å². The normalized spacial score (nSPS) is 11.9. The summed E-state index contributed by atoms with van der Waals surface area (Å²) in [6.45, 7) is 4.81. The molecule has 0 amide bonds. The Bertz CT molecular complexity index is 1840. The number of nitrogens with zero attached hydrogens (tertiary/aromatic N) is 5. The van der Waals surface area contributed by atoms with Crippen molar-refractivity contribution in [1.29, 1.82) is 0 Å². The lowest BCUT2D eigenvalue weighted by Crippen LogP contribution is -2.23. The maximum Gasteiger partial charge on any atom is 0.291 e. The van der Waals surface area contributed by atoms with Crippen molar-refractivity contribution in [3.05, 3.63) is 111 Å². The molecule has 0 aliphatic carbocycles. The Morgan fingerprint density at radius 1 is 0.974 bits per heavy atom. The van der Waals surface area contributed by atoms with Crippen molar-refractivity contribution >= 4 is 22.4 Å². The van der Waals surface area contributed by atoms with Crippen molar-refractivity contribution < 1.29 is 4.74 Å². The lowest BCUT2D eigenvalue weighted by Gasteiger charge is -2.09. The Hall–Kier alpha value is -4.56. The number of thiazole rings is 1. The summed E-state index contributed by atoms with van der Waals surface area (Å²) in [7, 11) is 0. The number of hydrogen-bond acceptors (Lipinski definition) is 6. The fourth-order valence-electron chi connectivity index (χ4n) is 4.31. The average Bonchev–Trinajstić information content (AvgIpc) is 3.64. The smallest absolute Gasteiger partial charge is 0.291 e. The Morgan fingerprint density at radius 2 is 1.74 bits per heavy atom. The second kappa shape index (κ2) is 10.1. The van der Waals surface area contributed by atoms with Gasteiger partial charge in [0.05, 0.1) is 16.8 Å². The quantitative estimate of drug-likeness (QED) is 0.286. The van der Waals surface area contributed by atoms with Crippen LogP contribution in [0.5, 0.6) is 5.75 Å². The first-order valence-electron chi connectivity index (χ1n) is 12.5. The first-order chi connectivity index (χ1) is 18.6. The molecule has 3 heterocycles. The van der Waals surface area contributed by atoms with Gasteiger partial charge in [-0.3, -0.25) is 4.79 Å². The highest BCUT2D eigenvalue weighted by molar-refractivity contribution is 7.15. The Balaban J connectivity index is 1.47. The highest BCUT2D eigenvalue weighted by atomic mass is 32.1. The average molecular weight is 520 g/mol. The number of ether oxygens (including phenoxy) is 1. The van der Waals surface area contributed by atoms with E-state index in [9.17, 15) is 4.79 Å². The van der Waals surface area contributed by atoms with Gasteiger partial charge in [0, 0.05) is 22.9 Å². The number of aromatic nitrogens is 5. The minimum absolute atomic E-state index is 0.196. The van der Waals surface area contributed by atoms with Crippen LogP contribution in [-0.2, 0) is 0 Å². The van der Waals surface area contributed by atoms with E-state index < -0.39 is 0 Å². The van der Waals surface area contributed by atoms with Gasteiger partial charge in [-0.15, -0.1) is 5.10 Å². The number of para-hydroxylation sites is 1. The number of hydrogen-bond donors (Lipinski definition) is 0. The molecule has 8 heteroatoms. The summed E-state index contributed by atoms with van der Waals surface area (Å²) in [6, 6.07) is 25.6. The number of rotatable bonds is 7. The highest BCUT2D eigenvalue weighted by Crippen LogP contribution is 2.30. The summed E-state index contributed by atoms with van der Waals surface area (Å²) < 4.78 is 9.59. The van der Waals surface area contributed by atoms with Gasteiger partial charge < -0.3 is 4.74 Å². The van der Waals surface area contributed by atoms with E-state index in [0.29, 0.717) is 21.9 Å². The molecule has 0 aliphatic heterocycles. The molecule has 38 heavy (non-hydrogen) atoms. The molecule has 188 valence electrons. The Labute approximate surface area is 223 Å². The van der Waals surface area contributed by atoms with E-state index in [1.54, 1.807) is 0 Å². The minimum atomic E-state index is -0.196. The van der Waals surface area contributed by atoms with Crippen molar-refractivity contribution in [2.45, 2.75) is 20.3 Å². The van der Waals surface area contributed by atoms with E-state index in [1.807, 2.05) is 103 Å². The maximum absolute atomic E-state index is 13.3. The van der Waals surface area contributed by atoms with Crippen molar-refractivity contribution in [2.75, 3.05) is 6.61 Å². The standard InChI is InChI=1S/C30H25N5O2S/c1-3-16-37-24-14-15-25(20(2)17-24)27-22(19-34(32-27)23-12-8-5-9-13-23)18-26-29(36)35-30(38-26)31-28(33-35)21-10-6-4-7-11-21/h4-15,17-19H,3,16H2,1-2H3. The summed E-state index contributed by atoms with van der Waals surface area (Å²) in [6.07, 6.45) is 4.79. The van der Waals surface area contributed by atoms with Gasteiger partial charge in [0.15, 0.2) is 5.82 Å². The van der Waals surface area contributed by atoms with Gasteiger partial charge in [-0.05, 0) is 55.3 Å². The molecule has 0 aliphatic rings. The Morgan fingerprint density at radius 3 is 2.45 bits per heavy atom. The van der Waals surface area contributed by atoms with Gasteiger partial charge in [-0.1, -0.05) is 66.8 Å². The van der Waals surface area contributed by atoms with Gasteiger partial charge in [0.25, 0.3) is 5.56 Å². The minimum Gasteiger partial charge on any atom is -0.494 e. The summed E-state index contributed by atoms with van der Waals surface area (Å²) in [4.78, 5) is 18.5. The number of benzene rings is 3. The predicted molar refractivity (Wildman–Crippen MR) is 151 cm³/mol. The third kappa shape index (κ3) is 4.50. The zero-order valence-corrected chi connectivity index (χ0v) is 21.9. The molecule has 0 spiro atoms. The summed E-state index contributed by atoms with van der Waals surface area (Å²) >= 11 is 1.32. The number of fused-ring (bicyclic) bond motifs is 1. The van der Waals surface area contributed by atoms with E-state index in [-0.39, 0.29) is 5.56 Å². The molecule has 0 bridgehead atoms. The molecule has 6 aromatic rings. The van der Waals surface area contributed by atoms with Crippen molar-refractivity contribution in [2.24, 2.45) is 0 Å². The largest absolute Gasteiger partial charge is 0.494 e. The van der Waals surface area contributed by atoms with Crippen LogP contribution in [0, 0.1) is 6.92 Å². The third-order valence-electron chi connectivity index (χ3n) is 6.19. The second-order valence-corrected chi connectivity index (χ2v) is 9.96. The molecule has 0 fully saturated rings. The molecule has 0 saturated heterocycles. The highest BCUT2D eigenvalue weighted by Gasteiger charge is 2.16. The van der Waals surface area contributed by atoms with E-state index >= 15 is 0 Å². The second-order valence-electron chi connectivity index (χ2n) is 8.95. The summed E-state index contributed by atoms with van der Waals surface area (Å²) in [5.41, 5.74) is 5.27. The van der Waals surface area contributed by atoms with Crippen LogP contribution in [0.25, 0.3) is 39.4 Å².